The number of fused-ring (bicyclic) bond motifs is 1. The van der Waals surface area contributed by atoms with Gasteiger partial charge in [-0.15, -0.1) is 0 Å². The van der Waals surface area contributed by atoms with E-state index in [1.54, 1.807) is 0 Å². The normalized spacial score (nSPS) is 11.1. The Labute approximate surface area is 150 Å². The van der Waals surface area contributed by atoms with E-state index in [1.165, 1.54) is 27.1 Å². The molecule has 4 aromatic rings. The highest BCUT2D eigenvalue weighted by Crippen LogP contribution is 2.25. The Balaban J connectivity index is 1.65. The molecule has 0 amide bonds. The summed E-state index contributed by atoms with van der Waals surface area (Å²) in [5.74, 6) is 0. The SMILES string of the molecule is c1ccc(C(O[Si]c2cccc3ccccc23)c2ccccc2)cc1. The third kappa shape index (κ3) is 3.55. The molecule has 0 N–H and O–H groups in total. The van der Waals surface area contributed by atoms with Crippen LogP contribution in [0.4, 0.5) is 0 Å². The third-order valence-electron chi connectivity index (χ3n) is 4.28. The second-order valence-electron chi connectivity index (χ2n) is 5.95. The van der Waals surface area contributed by atoms with Crippen molar-refractivity contribution in [3.8, 4) is 0 Å². The molecule has 25 heavy (non-hydrogen) atoms. The maximum Gasteiger partial charge on any atom is 0.270 e. The van der Waals surface area contributed by atoms with E-state index in [9.17, 15) is 0 Å². The van der Waals surface area contributed by atoms with Crippen molar-refractivity contribution in [1.29, 1.82) is 0 Å². The Hall–Kier alpha value is -2.68. The van der Waals surface area contributed by atoms with Gasteiger partial charge in [0, 0.05) is 0 Å². The molecule has 0 aliphatic carbocycles. The van der Waals surface area contributed by atoms with E-state index < -0.39 is 0 Å². The number of rotatable bonds is 5. The van der Waals surface area contributed by atoms with Crippen LogP contribution in [0.1, 0.15) is 17.2 Å². The summed E-state index contributed by atoms with van der Waals surface area (Å²) in [4.78, 5) is 0. The van der Waals surface area contributed by atoms with Gasteiger partial charge < -0.3 is 4.43 Å². The molecule has 2 heteroatoms. The van der Waals surface area contributed by atoms with Crippen LogP contribution in [0.3, 0.4) is 0 Å². The van der Waals surface area contributed by atoms with Crippen molar-refractivity contribution in [2.24, 2.45) is 0 Å². The van der Waals surface area contributed by atoms with Crippen LogP contribution in [0.15, 0.2) is 103 Å². The van der Waals surface area contributed by atoms with E-state index in [1.807, 2.05) is 12.1 Å². The van der Waals surface area contributed by atoms with Gasteiger partial charge in [0.2, 0.25) is 0 Å². The maximum absolute atomic E-state index is 6.44. The first-order valence-electron chi connectivity index (χ1n) is 8.41. The fourth-order valence-corrected chi connectivity index (χ4v) is 4.04. The zero-order valence-electron chi connectivity index (χ0n) is 13.8. The van der Waals surface area contributed by atoms with Crippen LogP contribution < -0.4 is 5.19 Å². The van der Waals surface area contributed by atoms with Crippen molar-refractivity contribution >= 4 is 25.7 Å². The van der Waals surface area contributed by atoms with Gasteiger partial charge in [-0.3, -0.25) is 0 Å². The molecule has 0 atom stereocenters. The summed E-state index contributed by atoms with van der Waals surface area (Å²) in [7, 11) is 0.290. The van der Waals surface area contributed by atoms with Crippen molar-refractivity contribution in [3.63, 3.8) is 0 Å². The Kier molecular flexibility index (Phi) is 4.73. The van der Waals surface area contributed by atoms with Crippen molar-refractivity contribution in [3.05, 3.63) is 114 Å². The lowest BCUT2D eigenvalue weighted by atomic mass is 10.0. The van der Waals surface area contributed by atoms with Gasteiger partial charge in [0.1, 0.15) is 0 Å². The molecule has 4 aromatic carbocycles. The summed E-state index contributed by atoms with van der Waals surface area (Å²) in [6.07, 6.45) is -0.0558. The van der Waals surface area contributed by atoms with Gasteiger partial charge in [0.25, 0.3) is 9.76 Å². The first-order valence-corrected chi connectivity index (χ1v) is 9.32. The predicted molar refractivity (Wildman–Crippen MR) is 105 cm³/mol. The average Bonchev–Trinajstić information content (AvgIpc) is 2.70. The van der Waals surface area contributed by atoms with E-state index in [0.29, 0.717) is 0 Å². The minimum atomic E-state index is -0.0558. The second kappa shape index (κ2) is 7.47. The zero-order chi connectivity index (χ0) is 16.9. The van der Waals surface area contributed by atoms with Gasteiger partial charge in [0.05, 0.1) is 6.10 Å². The van der Waals surface area contributed by atoms with Crippen molar-refractivity contribution in [2.45, 2.75) is 6.10 Å². The topological polar surface area (TPSA) is 9.23 Å². The molecular formula is C23H18OSi. The molecule has 0 saturated carbocycles. The van der Waals surface area contributed by atoms with Gasteiger partial charge >= 0.3 is 0 Å². The largest absolute Gasteiger partial charge is 0.400 e. The lowest BCUT2D eigenvalue weighted by Gasteiger charge is -2.19. The molecule has 0 heterocycles. The highest BCUT2D eigenvalue weighted by molar-refractivity contribution is 6.51. The lowest BCUT2D eigenvalue weighted by Crippen LogP contribution is -2.21. The summed E-state index contributed by atoms with van der Waals surface area (Å²) in [5.41, 5.74) is 2.36. The van der Waals surface area contributed by atoms with Crippen LogP contribution in [0.5, 0.6) is 0 Å². The van der Waals surface area contributed by atoms with Crippen molar-refractivity contribution < 1.29 is 4.43 Å². The standard InChI is InChI=1S/C23H18OSi/c1-3-11-19(12-4-1)23(20-13-5-2-6-14-20)24-25-22-17-9-15-18-10-7-8-16-21(18)22/h1-17,23H. The third-order valence-corrected chi connectivity index (χ3v) is 5.29. The summed E-state index contributed by atoms with van der Waals surface area (Å²) in [5, 5.41) is 3.77. The van der Waals surface area contributed by atoms with Crippen LogP contribution in [0.25, 0.3) is 10.8 Å². The maximum atomic E-state index is 6.44. The number of benzene rings is 4. The van der Waals surface area contributed by atoms with Gasteiger partial charge in [-0.2, -0.15) is 0 Å². The quantitative estimate of drug-likeness (QED) is 0.471. The van der Waals surface area contributed by atoms with Crippen molar-refractivity contribution in [1.82, 2.24) is 0 Å². The molecule has 0 spiro atoms. The zero-order valence-corrected chi connectivity index (χ0v) is 14.8. The van der Waals surface area contributed by atoms with E-state index in [2.05, 4.69) is 91.0 Å². The Bertz CT molecular complexity index is 906. The lowest BCUT2D eigenvalue weighted by molar-refractivity contribution is 0.266. The Morgan fingerprint density at radius 1 is 0.560 bits per heavy atom. The second-order valence-corrected chi connectivity index (χ2v) is 6.93. The molecule has 4 rings (SSSR count). The van der Waals surface area contributed by atoms with Crippen LogP contribution in [0, 0.1) is 0 Å². The molecular weight excluding hydrogens is 320 g/mol. The van der Waals surface area contributed by atoms with Crippen LogP contribution in [0.2, 0.25) is 0 Å². The average molecular weight is 338 g/mol. The van der Waals surface area contributed by atoms with Crippen LogP contribution >= 0.6 is 0 Å². The molecule has 0 fully saturated rings. The fourth-order valence-electron chi connectivity index (χ4n) is 3.02. The minimum absolute atomic E-state index is 0.0558. The van der Waals surface area contributed by atoms with Gasteiger partial charge in [-0.1, -0.05) is 103 Å². The number of hydrogen-bond donors (Lipinski definition) is 0. The van der Waals surface area contributed by atoms with E-state index in [4.69, 9.17) is 4.43 Å². The summed E-state index contributed by atoms with van der Waals surface area (Å²) < 4.78 is 6.44. The summed E-state index contributed by atoms with van der Waals surface area (Å²) >= 11 is 0. The molecule has 1 nitrogen and oxygen atoms in total. The molecule has 0 unspecified atom stereocenters. The summed E-state index contributed by atoms with van der Waals surface area (Å²) in [6.45, 7) is 0. The van der Waals surface area contributed by atoms with Gasteiger partial charge in [0.15, 0.2) is 0 Å². The molecule has 0 saturated heterocycles. The Morgan fingerprint density at radius 3 is 1.80 bits per heavy atom. The molecule has 0 aliphatic rings. The van der Waals surface area contributed by atoms with Crippen LogP contribution in [-0.4, -0.2) is 9.76 Å². The van der Waals surface area contributed by atoms with Crippen LogP contribution in [-0.2, 0) is 4.43 Å². The number of hydrogen-bond acceptors (Lipinski definition) is 1. The molecule has 0 bridgehead atoms. The molecule has 0 aromatic heterocycles. The Morgan fingerprint density at radius 2 is 1.12 bits per heavy atom. The predicted octanol–water partition coefficient (Wildman–Crippen LogP) is 4.89. The molecule has 120 valence electrons. The molecule has 0 aliphatic heterocycles. The molecule has 2 radical (unpaired) electrons. The van der Waals surface area contributed by atoms with E-state index >= 15 is 0 Å². The minimum Gasteiger partial charge on any atom is -0.400 e. The summed E-state index contributed by atoms with van der Waals surface area (Å²) in [6, 6.07) is 35.8. The first-order chi connectivity index (χ1) is 12.4. The highest BCUT2D eigenvalue weighted by Gasteiger charge is 2.15. The van der Waals surface area contributed by atoms with E-state index in [0.717, 1.165) is 0 Å². The van der Waals surface area contributed by atoms with Gasteiger partial charge in [-0.05, 0) is 27.1 Å². The van der Waals surface area contributed by atoms with Gasteiger partial charge in [-0.25, -0.2) is 0 Å². The highest BCUT2D eigenvalue weighted by atomic mass is 28.2. The first kappa shape index (κ1) is 15.8. The smallest absolute Gasteiger partial charge is 0.270 e. The fraction of sp³-hybridized carbons (Fsp3) is 0.0435. The van der Waals surface area contributed by atoms with E-state index in [-0.39, 0.29) is 15.9 Å². The van der Waals surface area contributed by atoms with Crippen molar-refractivity contribution in [2.75, 3.05) is 0 Å². The monoisotopic (exact) mass is 338 g/mol.